The summed E-state index contributed by atoms with van der Waals surface area (Å²) in [4.78, 5) is 41.6. The molecule has 8 heteroatoms. The monoisotopic (exact) mass is 595 g/mol. The predicted molar refractivity (Wildman–Crippen MR) is 154 cm³/mol. The zero-order valence-electron chi connectivity index (χ0n) is 21.3. The number of esters is 1. The number of para-hydroxylation sites is 1. The van der Waals surface area contributed by atoms with Crippen LogP contribution in [-0.2, 0) is 4.74 Å². The van der Waals surface area contributed by atoms with Gasteiger partial charge in [0.1, 0.15) is 17.1 Å². The van der Waals surface area contributed by atoms with Crippen molar-refractivity contribution < 1.29 is 23.5 Å². The highest BCUT2D eigenvalue weighted by Gasteiger charge is 2.43. The van der Waals surface area contributed by atoms with E-state index in [0.29, 0.717) is 39.3 Å². The zero-order chi connectivity index (χ0) is 27.8. The number of halogens is 1. The minimum atomic E-state index is -0.796. The van der Waals surface area contributed by atoms with E-state index in [1.54, 1.807) is 49.4 Å². The van der Waals surface area contributed by atoms with Crippen molar-refractivity contribution in [2.75, 3.05) is 11.5 Å². The second-order valence-corrected chi connectivity index (χ2v) is 10.1. The molecule has 4 aromatic carbocycles. The number of hydrogen-bond donors (Lipinski definition) is 0. The topological polar surface area (TPSA) is 86.0 Å². The molecule has 1 aliphatic heterocycles. The number of carbonyl (C=O) groups excluding carboxylic acids is 2. The average molecular weight is 596 g/mol. The fourth-order valence-corrected chi connectivity index (χ4v) is 5.23. The van der Waals surface area contributed by atoms with Gasteiger partial charge in [0.15, 0.2) is 5.43 Å². The third kappa shape index (κ3) is 4.56. The quantitative estimate of drug-likeness (QED) is 0.192. The molecule has 2 heterocycles. The van der Waals surface area contributed by atoms with E-state index in [0.717, 1.165) is 4.47 Å². The van der Waals surface area contributed by atoms with E-state index in [-0.39, 0.29) is 23.4 Å². The Morgan fingerprint density at radius 1 is 0.900 bits per heavy atom. The Morgan fingerprint density at radius 3 is 2.40 bits per heavy atom. The number of fused-ring (bicyclic) bond motifs is 2. The Balaban J connectivity index is 1.51. The number of benzene rings is 4. The first-order chi connectivity index (χ1) is 19.4. The number of ether oxygens (including phenoxy) is 2. The van der Waals surface area contributed by atoms with Gasteiger partial charge in [0.05, 0.1) is 29.2 Å². The highest BCUT2D eigenvalue weighted by atomic mass is 79.9. The molecule has 0 saturated heterocycles. The maximum atomic E-state index is 13.9. The molecule has 1 atom stereocenters. The molecule has 1 unspecified atom stereocenters. The van der Waals surface area contributed by atoms with Gasteiger partial charge in [-0.05, 0) is 79.2 Å². The molecular weight excluding hydrogens is 574 g/mol. The summed E-state index contributed by atoms with van der Waals surface area (Å²) in [5.41, 5.74) is 1.78. The molecule has 0 bridgehead atoms. The van der Waals surface area contributed by atoms with Gasteiger partial charge in [0.25, 0.3) is 5.91 Å². The smallest absolute Gasteiger partial charge is 0.338 e. The molecule has 0 spiro atoms. The van der Waals surface area contributed by atoms with Gasteiger partial charge in [-0.3, -0.25) is 14.5 Å². The molecular formula is C32H22BrNO6. The number of rotatable bonds is 6. The minimum Gasteiger partial charge on any atom is -0.462 e. The highest BCUT2D eigenvalue weighted by molar-refractivity contribution is 9.10. The third-order valence-corrected chi connectivity index (χ3v) is 7.13. The van der Waals surface area contributed by atoms with Crippen LogP contribution in [0.15, 0.2) is 111 Å². The summed E-state index contributed by atoms with van der Waals surface area (Å²) in [5, 5.41) is 0.363. The van der Waals surface area contributed by atoms with Gasteiger partial charge in [-0.15, -0.1) is 0 Å². The molecule has 198 valence electrons. The maximum Gasteiger partial charge on any atom is 0.338 e. The summed E-state index contributed by atoms with van der Waals surface area (Å²) in [7, 11) is 0. The standard InChI is InChI=1S/C32H22BrNO6/c1-2-38-32(37)19-11-14-22(15-12-19)34-28(20-7-6-10-24(17-20)39-23-8-4-3-5-9-23)27-29(35)25-18-21(33)13-16-26(25)40-30(27)31(34)36/h3-18,28H,2H2,1H3. The van der Waals surface area contributed by atoms with Gasteiger partial charge in [-0.2, -0.15) is 0 Å². The molecule has 1 aliphatic rings. The summed E-state index contributed by atoms with van der Waals surface area (Å²) >= 11 is 3.43. The van der Waals surface area contributed by atoms with Gasteiger partial charge in [-0.25, -0.2) is 4.79 Å². The van der Waals surface area contributed by atoms with E-state index in [4.69, 9.17) is 13.9 Å². The second kappa shape index (κ2) is 10.5. The average Bonchev–Trinajstić information content (AvgIpc) is 3.26. The fraction of sp³-hybridized carbons (Fsp3) is 0.0938. The second-order valence-electron chi connectivity index (χ2n) is 9.15. The van der Waals surface area contributed by atoms with E-state index in [9.17, 15) is 14.4 Å². The van der Waals surface area contributed by atoms with Crippen molar-refractivity contribution in [2.24, 2.45) is 0 Å². The van der Waals surface area contributed by atoms with Crippen LogP contribution in [0.1, 0.15) is 45.0 Å². The molecule has 0 aliphatic carbocycles. The predicted octanol–water partition coefficient (Wildman–Crippen LogP) is 7.27. The van der Waals surface area contributed by atoms with Crippen LogP contribution in [-0.4, -0.2) is 18.5 Å². The lowest BCUT2D eigenvalue weighted by Crippen LogP contribution is -2.29. The molecule has 0 N–H and O–H groups in total. The van der Waals surface area contributed by atoms with Gasteiger partial charge in [0, 0.05) is 10.2 Å². The molecule has 0 saturated carbocycles. The number of amides is 1. The number of anilines is 1. The number of hydrogen-bond acceptors (Lipinski definition) is 6. The third-order valence-electron chi connectivity index (χ3n) is 6.64. The molecule has 0 radical (unpaired) electrons. The maximum absolute atomic E-state index is 13.9. The first-order valence-corrected chi connectivity index (χ1v) is 13.4. The van der Waals surface area contributed by atoms with Crippen LogP contribution in [0.25, 0.3) is 11.0 Å². The number of nitrogens with zero attached hydrogens (tertiary/aromatic N) is 1. The van der Waals surface area contributed by atoms with Crippen molar-refractivity contribution in [3.05, 3.63) is 134 Å². The minimum absolute atomic E-state index is 0.0197. The zero-order valence-corrected chi connectivity index (χ0v) is 22.9. The van der Waals surface area contributed by atoms with Crippen LogP contribution >= 0.6 is 15.9 Å². The summed E-state index contributed by atoms with van der Waals surface area (Å²) in [6.07, 6.45) is 0. The number of carbonyl (C=O) groups is 2. The van der Waals surface area contributed by atoms with E-state index in [1.807, 2.05) is 54.6 Å². The molecule has 1 amide bonds. The van der Waals surface area contributed by atoms with E-state index in [1.165, 1.54) is 4.90 Å². The lowest BCUT2D eigenvalue weighted by atomic mass is 9.98. The molecule has 1 aromatic heterocycles. The largest absolute Gasteiger partial charge is 0.462 e. The van der Waals surface area contributed by atoms with Crippen molar-refractivity contribution in [2.45, 2.75) is 13.0 Å². The highest BCUT2D eigenvalue weighted by Crippen LogP contribution is 2.42. The van der Waals surface area contributed by atoms with Gasteiger partial charge in [-0.1, -0.05) is 46.3 Å². The Bertz CT molecular complexity index is 1810. The summed E-state index contributed by atoms with van der Waals surface area (Å²) in [6, 6.07) is 27.4. The molecule has 40 heavy (non-hydrogen) atoms. The first kappa shape index (κ1) is 25.6. The van der Waals surface area contributed by atoms with Crippen molar-refractivity contribution in [1.82, 2.24) is 0 Å². The molecule has 7 nitrogen and oxygen atoms in total. The Labute approximate surface area is 237 Å². The van der Waals surface area contributed by atoms with E-state index in [2.05, 4.69) is 15.9 Å². The molecule has 6 rings (SSSR count). The van der Waals surface area contributed by atoms with Crippen molar-refractivity contribution in [1.29, 1.82) is 0 Å². The van der Waals surface area contributed by atoms with Crippen molar-refractivity contribution >= 4 is 44.5 Å². The Kier molecular flexibility index (Phi) is 6.69. The summed E-state index contributed by atoms with van der Waals surface area (Å²) < 4.78 is 17.9. The molecule has 5 aromatic rings. The summed E-state index contributed by atoms with van der Waals surface area (Å²) in [6.45, 7) is 1.99. The van der Waals surface area contributed by atoms with Crippen molar-refractivity contribution in [3.63, 3.8) is 0 Å². The Hall–Kier alpha value is -4.69. The van der Waals surface area contributed by atoms with Crippen LogP contribution in [0.4, 0.5) is 5.69 Å². The normalized spacial score (nSPS) is 14.3. The SMILES string of the molecule is CCOC(=O)c1ccc(N2C(=O)c3oc4ccc(Br)cc4c(=O)c3C2c2cccc(Oc3ccccc3)c2)cc1. The van der Waals surface area contributed by atoms with E-state index < -0.39 is 17.9 Å². The van der Waals surface area contributed by atoms with E-state index >= 15 is 0 Å². The van der Waals surface area contributed by atoms with Crippen LogP contribution < -0.4 is 15.1 Å². The Morgan fingerprint density at radius 2 is 1.65 bits per heavy atom. The van der Waals surface area contributed by atoms with Crippen LogP contribution in [0, 0.1) is 0 Å². The van der Waals surface area contributed by atoms with Crippen LogP contribution in [0.2, 0.25) is 0 Å². The van der Waals surface area contributed by atoms with Gasteiger partial charge in [0.2, 0.25) is 5.76 Å². The lowest BCUT2D eigenvalue weighted by molar-refractivity contribution is 0.0526. The molecule has 0 fully saturated rings. The van der Waals surface area contributed by atoms with Gasteiger partial charge < -0.3 is 13.9 Å². The summed E-state index contributed by atoms with van der Waals surface area (Å²) in [5.74, 6) is 0.273. The van der Waals surface area contributed by atoms with Gasteiger partial charge >= 0.3 is 5.97 Å². The van der Waals surface area contributed by atoms with Crippen LogP contribution in [0.3, 0.4) is 0 Å². The van der Waals surface area contributed by atoms with Crippen LogP contribution in [0.5, 0.6) is 11.5 Å². The fourth-order valence-electron chi connectivity index (χ4n) is 4.87. The lowest BCUT2D eigenvalue weighted by Gasteiger charge is -2.25. The first-order valence-electron chi connectivity index (χ1n) is 12.6. The van der Waals surface area contributed by atoms with Crippen molar-refractivity contribution in [3.8, 4) is 11.5 Å².